The zero-order valence-corrected chi connectivity index (χ0v) is 13.4. The summed E-state index contributed by atoms with van der Waals surface area (Å²) in [7, 11) is 0. The SMILES string of the molecule is CCC(C)CC(CCl)(CCl)c1cccc(Br)c1. The van der Waals surface area contributed by atoms with Gasteiger partial charge in [0.1, 0.15) is 0 Å². The molecule has 17 heavy (non-hydrogen) atoms. The zero-order valence-electron chi connectivity index (χ0n) is 10.3. The molecule has 0 spiro atoms. The second-order valence-electron chi connectivity index (χ2n) is 4.78. The van der Waals surface area contributed by atoms with Gasteiger partial charge in [-0.2, -0.15) is 0 Å². The highest BCUT2D eigenvalue weighted by Crippen LogP contribution is 2.36. The van der Waals surface area contributed by atoms with Crippen LogP contribution in [0.2, 0.25) is 0 Å². The van der Waals surface area contributed by atoms with Crippen LogP contribution in [0.25, 0.3) is 0 Å². The van der Waals surface area contributed by atoms with Gasteiger partial charge in [-0.05, 0) is 30.0 Å². The fourth-order valence-electron chi connectivity index (χ4n) is 2.05. The van der Waals surface area contributed by atoms with E-state index in [4.69, 9.17) is 23.2 Å². The van der Waals surface area contributed by atoms with Crippen LogP contribution in [0.15, 0.2) is 28.7 Å². The summed E-state index contributed by atoms with van der Waals surface area (Å²) in [6, 6.07) is 8.33. The van der Waals surface area contributed by atoms with Crippen molar-refractivity contribution in [3.05, 3.63) is 34.3 Å². The molecule has 0 aromatic heterocycles. The Balaban J connectivity index is 3.06. The van der Waals surface area contributed by atoms with Crippen molar-refractivity contribution in [2.75, 3.05) is 11.8 Å². The van der Waals surface area contributed by atoms with E-state index >= 15 is 0 Å². The van der Waals surface area contributed by atoms with Gasteiger partial charge in [0.05, 0.1) is 0 Å². The third kappa shape index (κ3) is 3.87. The second kappa shape index (κ2) is 7.01. The van der Waals surface area contributed by atoms with Gasteiger partial charge in [0.25, 0.3) is 0 Å². The number of halogens is 3. The molecule has 1 unspecified atom stereocenters. The Labute approximate surface area is 123 Å². The molecule has 0 radical (unpaired) electrons. The van der Waals surface area contributed by atoms with E-state index in [1.165, 1.54) is 5.56 Å². The maximum atomic E-state index is 6.21. The topological polar surface area (TPSA) is 0 Å². The summed E-state index contributed by atoms with van der Waals surface area (Å²) >= 11 is 15.9. The third-order valence-electron chi connectivity index (χ3n) is 3.38. The summed E-state index contributed by atoms with van der Waals surface area (Å²) < 4.78 is 1.08. The van der Waals surface area contributed by atoms with E-state index in [0.717, 1.165) is 17.3 Å². The molecule has 0 fully saturated rings. The van der Waals surface area contributed by atoms with Crippen LogP contribution in [0, 0.1) is 5.92 Å². The van der Waals surface area contributed by atoms with Gasteiger partial charge >= 0.3 is 0 Å². The van der Waals surface area contributed by atoms with E-state index in [1.54, 1.807) is 0 Å². The van der Waals surface area contributed by atoms with Crippen molar-refractivity contribution in [3.8, 4) is 0 Å². The van der Waals surface area contributed by atoms with Crippen molar-refractivity contribution in [3.63, 3.8) is 0 Å². The fourth-order valence-corrected chi connectivity index (χ4v) is 3.26. The highest BCUT2D eigenvalue weighted by atomic mass is 79.9. The van der Waals surface area contributed by atoms with Gasteiger partial charge in [-0.1, -0.05) is 48.3 Å². The molecular formula is C14H19BrCl2. The smallest absolute Gasteiger partial charge is 0.0332 e. The van der Waals surface area contributed by atoms with E-state index in [2.05, 4.69) is 41.9 Å². The Bertz CT molecular complexity index is 348. The molecule has 0 saturated carbocycles. The van der Waals surface area contributed by atoms with Gasteiger partial charge < -0.3 is 0 Å². The molecule has 0 bridgehead atoms. The first-order valence-electron chi connectivity index (χ1n) is 5.96. The minimum atomic E-state index is -0.109. The number of benzene rings is 1. The molecule has 3 heteroatoms. The lowest BCUT2D eigenvalue weighted by molar-refractivity contribution is 0.380. The van der Waals surface area contributed by atoms with Crippen LogP contribution in [0.4, 0.5) is 0 Å². The molecule has 1 aromatic carbocycles. The summed E-state index contributed by atoms with van der Waals surface area (Å²) in [4.78, 5) is 0. The fraction of sp³-hybridized carbons (Fsp3) is 0.571. The van der Waals surface area contributed by atoms with E-state index < -0.39 is 0 Å². The molecule has 0 aliphatic heterocycles. The third-order valence-corrected chi connectivity index (χ3v) is 4.90. The molecule has 0 saturated heterocycles. The molecule has 96 valence electrons. The highest BCUT2D eigenvalue weighted by Gasteiger charge is 2.32. The molecule has 0 amide bonds. The molecule has 0 heterocycles. The van der Waals surface area contributed by atoms with Gasteiger partial charge in [-0.15, -0.1) is 23.2 Å². The Morgan fingerprint density at radius 1 is 1.29 bits per heavy atom. The van der Waals surface area contributed by atoms with E-state index in [1.807, 2.05) is 12.1 Å². The van der Waals surface area contributed by atoms with Gasteiger partial charge in [-0.25, -0.2) is 0 Å². The second-order valence-corrected chi connectivity index (χ2v) is 6.23. The van der Waals surface area contributed by atoms with Crippen molar-refractivity contribution in [1.29, 1.82) is 0 Å². The molecule has 0 aliphatic carbocycles. The Hall–Kier alpha value is 0.280. The van der Waals surface area contributed by atoms with Crippen LogP contribution in [-0.2, 0) is 5.41 Å². The molecule has 0 aliphatic rings. The predicted octanol–water partition coefficient (Wildman–Crippen LogP) is 5.60. The van der Waals surface area contributed by atoms with Gasteiger partial charge in [-0.3, -0.25) is 0 Å². The maximum absolute atomic E-state index is 6.21. The molecule has 1 rings (SSSR count). The Kier molecular flexibility index (Phi) is 6.33. The molecule has 0 nitrogen and oxygen atoms in total. The van der Waals surface area contributed by atoms with Crippen molar-refractivity contribution in [2.45, 2.75) is 32.1 Å². The average molecular weight is 338 g/mol. The monoisotopic (exact) mass is 336 g/mol. The van der Waals surface area contributed by atoms with E-state index in [0.29, 0.717) is 17.7 Å². The van der Waals surface area contributed by atoms with E-state index in [9.17, 15) is 0 Å². The van der Waals surface area contributed by atoms with Gasteiger partial charge in [0.2, 0.25) is 0 Å². The van der Waals surface area contributed by atoms with Crippen LogP contribution >= 0.6 is 39.1 Å². The predicted molar refractivity (Wildman–Crippen MR) is 81.3 cm³/mol. The van der Waals surface area contributed by atoms with Crippen molar-refractivity contribution in [1.82, 2.24) is 0 Å². The Morgan fingerprint density at radius 2 is 1.94 bits per heavy atom. The normalized spacial score (nSPS) is 13.7. The van der Waals surface area contributed by atoms with E-state index in [-0.39, 0.29) is 5.41 Å². The molecule has 1 aromatic rings. The number of alkyl halides is 2. The summed E-state index contributed by atoms with van der Waals surface area (Å²) in [6.07, 6.45) is 2.19. The zero-order chi connectivity index (χ0) is 12.9. The van der Waals surface area contributed by atoms with Crippen LogP contribution in [0.5, 0.6) is 0 Å². The summed E-state index contributed by atoms with van der Waals surface area (Å²) in [5.74, 6) is 1.76. The number of rotatable bonds is 6. The first-order valence-corrected chi connectivity index (χ1v) is 7.82. The number of hydrogen-bond acceptors (Lipinski definition) is 0. The summed E-state index contributed by atoms with van der Waals surface area (Å²) in [6.45, 7) is 4.46. The average Bonchev–Trinajstić information content (AvgIpc) is 2.35. The standard InChI is InChI=1S/C14H19BrCl2/c1-3-11(2)8-14(9-16,10-17)12-5-4-6-13(15)7-12/h4-7,11H,3,8-10H2,1-2H3. The Morgan fingerprint density at radius 3 is 2.41 bits per heavy atom. The summed E-state index contributed by atoms with van der Waals surface area (Å²) in [5, 5.41) is 0. The first-order chi connectivity index (χ1) is 8.07. The maximum Gasteiger partial charge on any atom is 0.0332 e. The molecule has 1 atom stereocenters. The lowest BCUT2D eigenvalue weighted by atomic mass is 9.76. The van der Waals surface area contributed by atoms with Crippen molar-refractivity contribution in [2.24, 2.45) is 5.92 Å². The largest absolute Gasteiger partial charge is 0.126 e. The van der Waals surface area contributed by atoms with Crippen LogP contribution < -0.4 is 0 Å². The minimum Gasteiger partial charge on any atom is -0.126 e. The molecule has 0 N–H and O–H groups in total. The number of hydrogen-bond donors (Lipinski definition) is 0. The van der Waals surface area contributed by atoms with Crippen molar-refractivity contribution < 1.29 is 0 Å². The van der Waals surface area contributed by atoms with Crippen LogP contribution in [-0.4, -0.2) is 11.8 Å². The highest BCUT2D eigenvalue weighted by molar-refractivity contribution is 9.10. The minimum absolute atomic E-state index is 0.109. The lowest BCUT2D eigenvalue weighted by Crippen LogP contribution is -2.32. The van der Waals surface area contributed by atoms with Gasteiger partial charge in [0.15, 0.2) is 0 Å². The van der Waals surface area contributed by atoms with Gasteiger partial charge in [0, 0.05) is 21.6 Å². The summed E-state index contributed by atoms with van der Waals surface area (Å²) in [5.41, 5.74) is 1.12. The first kappa shape index (κ1) is 15.3. The lowest BCUT2D eigenvalue weighted by Gasteiger charge is -2.33. The molecular weight excluding hydrogens is 319 g/mol. The quantitative estimate of drug-likeness (QED) is 0.592. The van der Waals surface area contributed by atoms with Crippen LogP contribution in [0.3, 0.4) is 0 Å². The van der Waals surface area contributed by atoms with Crippen molar-refractivity contribution >= 4 is 39.1 Å². The van der Waals surface area contributed by atoms with Crippen LogP contribution in [0.1, 0.15) is 32.3 Å².